The molecule has 1 aromatic heterocycles. The highest BCUT2D eigenvalue weighted by Gasteiger charge is 2.43. The molecule has 0 unspecified atom stereocenters. The normalized spacial score (nSPS) is 18.4. The average Bonchev–Trinajstić information content (AvgIpc) is 3.20. The second kappa shape index (κ2) is 6.95. The largest absolute Gasteiger partial charge is 0.497 e. The fraction of sp³-hybridized carbons (Fsp3) is 0.333. The SMILES string of the molecule is COc1ccc2c(c1)C(=O)CC1(CCN(C(=O)/C=C/c3ccco3)CC1)O2. The first kappa shape index (κ1) is 17.4. The van der Waals surface area contributed by atoms with Crippen LogP contribution in [-0.2, 0) is 4.79 Å². The van der Waals surface area contributed by atoms with Gasteiger partial charge in [0.1, 0.15) is 22.9 Å². The third-order valence-corrected chi connectivity index (χ3v) is 5.22. The van der Waals surface area contributed by atoms with Gasteiger partial charge in [-0.15, -0.1) is 0 Å². The summed E-state index contributed by atoms with van der Waals surface area (Å²) >= 11 is 0. The Bertz CT molecular complexity index is 876. The van der Waals surface area contributed by atoms with Gasteiger partial charge in [-0.25, -0.2) is 0 Å². The van der Waals surface area contributed by atoms with Gasteiger partial charge >= 0.3 is 0 Å². The number of rotatable bonds is 3. The Balaban J connectivity index is 1.42. The summed E-state index contributed by atoms with van der Waals surface area (Å²) in [6.07, 6.45) is 6.34. The summed E-state index contributed by atoms with van der Waals surface area (Å²) in [4.78, 5) is 26.8. The second-order valence-corrected chi connectivity index (χ2v) is 6.92. The fourth-order valence-electron chi connectivity index (χ4n) is 3.66. The van der Waals surface area contributed by atoms with Crippen molar-refractivity contribution in [1.82, 2.24) is 4.90 Å². The molecule has 0 atom stereocenters. The van der Waals surface area contributed by atoms with Crippen LogP contribution in [-0.4, -0.2) is 42.4 Å². The van der Waals surface area contributed by atoms with Crippen LogP contribution in [0, 0.1) is 0 Å². The van der Waals surface area contributed by atoms with Crippen LogP contribution in [0.1, 0.15) is 35.4 Å². The molecule has 1 fully saturated rings. The summed E-state index contributed by atoms with van der Waals surface area (Å²) in [6.45, 7) is 1.11. The third kappa shape index (κ3) is 3.47. The number of hydrogen-bond acceptors (Lipinski definition) is 5. The van der Waals surface area contributed by atoms with Gasteiger partial charge in [-0.2, -0.15) is 0 Å². The first-order valence-corrected chi connectivity index (χ1v) is 8.99. The summed E-state index contributed by atoms with van der Waals surface area (Å²) in [6, 6.07) is 8.88. The lowest BCUT2D eigenvalue weighted by Crippen LogP contribution is -2.52. The summed E-state index contributed by atoms with van der Waals surface area (Å²) in [7, 11) is 1.57. The van der Waals surface area contributed by atoms with Crippen molar-refractivity contribution in [2.45, 2.75) is 24.9 Å². The molecule has 2 aliphatic rings. The number of piperidine rings is 1. The van der Waals surface area contributed by atoms with Gasteiger partial charge in [-0.1, -0.05) is 0 Å². The molecule has 0 bridgehead atoms. The molecule has 0 saturated carbocycles. The lowest BCUT2D eigenvalue weighted by atomic mass is 9.82. The van der Waals surface area contributed by atoms with E-state index < -0.39 is 5.60 Å². The molecule has 2 aromatic rings. The minimum atomic E-state index is -0.528. The number of nitrogens with zero attached hydrogens (tertiary/aromatic N) is 1. The predicted molar refractivity (Wildman–Crippen MR) is 98.9 cm³/mol. The quantitative estimate of drug-likeness (QED) is 0.779. The predicted octanol–water partition coefficient (Wildman–Crippen LogP) is 3.33. The summed E-state index contributed by atoms with van der Waals surface area (Å²) < 4.78 is 16.6. The zero-order chi connectivity index (χ0) is 18.9. The highest BCUT2D eigenvalue weighted by atomic mass is 16.5. The summed E-state index contributed by atoms with van der Waals surface area (Å²) in [5.74, 6) is 1.89. The van der Waals surface area contributed by atoms with E-state index in [1.807, 2.05) is 0 Å². The molecule has 1 saturated heterocycles. The van der Waals surface area contributed by atoms with E-state index in [0.29, 0.717) is 55.2 Å². The molecule has 4 rings (SSSR count). The van der Waals surface area contributed by atoms with E-state index in [4.69, 9.17) is 13.9 Å². The molecule has 140 valence electrons. The number of furan rings is 1. The van der Waals surface area contributed by atoms with Crippen LogP contribution >= 0.6 is 0 Å². The van der Waals surface area contributed by atoms with Crippen LogP contribution in [0.3, 0.4) is 0 Å². The maximum atomic E-state index is 12.6. The van der Waals surface area contributed by atoms with Crippen molar-refractivity contribution < 1.29 is 23.5 Å². The first-order valence-electron chi connectivity index (χ1n) is 8.99. The van der Waals surface area contributed by atoms with E-state index >= 15 is 0 Å². The minimum absolute atomic E-state index is 0.0616. The summed E-state index contributed by atoms with van der Waals surface area (Å²) in [5.41, 5.74) is 0.0417. The molecule has 1 spiro atoms. The molecule has 0 N–H and O–H groups in total. The highest BCUT2D eigenvalue weighted by Crippen LogP contribution is 2.40. The molecule has 0 radical (unpaired) electrons. The minimum Gasteiger partial charge on any atom is -0.497 e. The summed E-state index contributed by atoms with van der Waals surface area (Å²) in [5, 5.41) is 0. The first-order chi connectivity index (χ1) is 13.1. The molecule has 27 heavy (non-hydrogen) atoms. The van der Waals surface area contributed by atoms with Crippen LogP contribution in [0.4, 0.5) is 0 Å². The van der Waals surface area contributed by atoms with Crippen molar-refractivity contribution in [2.75, 3.05) is 20.2 Å². The lowest BCUT2D eigenvalue weighted by Gasteiger charge is -2.43. The number of amides is 1. The number of fused-ring (bicyclic) bond motifs is 1. The van der Waals surface area contributed by atoms with E-state index in [2.05, 4.69) is 0 Å². The molecule has 6 heteroatoms. The number of carbonyl (C=O) groups excluding carboxylic acids is 2. The van der Waals surface area contributed by atoms with Crippen molar-refractivity contribution in [2.24, 2.45) is 0 Å². The molecule has 1 amide bonds. The number of Topliss-reactive ketones (excluding diaryl/α,β-unsaturated/α-hetero) is 1. The van der Waals surface area contributed by atoms with Crippen LogP contribution in [0.2, 0.25) is 0 Å². The number of ether oxygens (including phenoxy) is 2. The van der Waals surface area contributed by atoms with Crippen molar-refractivity contribution in [3.8, 4) is 11.5 Å². The Morgan fingerprint density at radius 1 is 1.26 bits per heavy atom. The van der Waals surface area contributed by atoms with Gasteiger partial charge < -0.3 is 18.8 Å². The van der Waals surface area contributed by atoms with Gasteiger partial charge in [0, 0.05) is 32.0 Å². The number of ketones is 1. The average molecular weight is 367 g/mol. The van der Waals surface area contributed by atoms with E-state index in [0.717, 1.165) is 0 Å². The maximum absolute atomic E-state index is 12.6. The van der Waals surface area contributed by atoms with E-state index in [9.17, 15) is 9.59 Å². The van der Waals surface area contributed by atoms with E-state index in [1.54, 1.807) is 54.7 Å². The number of carbonyl (C=O) groups is 2. The Morgan fingerprint density at radius 2 is 2.07 bits per heavy atom. The molecular weight excluding hydrogens is 346 g/mol. The number of likely N-dealkylation sites (tertiary alicyclic amines) is 1. The smallest absolute Gasteiger partial charge is 0.246 e. The van der Waals surface area contributed by atoms with Crippen LogP contribution in [0.5, 0.6) is 11.5 Å². The fourth-order valence-corrected chi connectivity index (χ4v) is 3.66. The zero-order valence-electron chi connectivity index (χ0n) is 15.1. The topological polar surface area (TPSA) is 69.0 Å². The Morgan fingerprint density at radius 3 is 2.78 bits per heavy atom. The Hall–Kier alpha value is -3.02. The second-order valence-electron chi connectivity index (χ2n) is 6.92. The lowest BCUT2D eigenvalue weighted by molar-refractivity contribution is -0.129. The van der Waals surface area contributed by atoms with Crippen molar-refractivity contribution in [1.29, 1.82) is 0 Å². The van der Waals surface area contributed by atoms with E-state index in [-0.39, 0.29) is 11.7 Å². The molecule has 3 heterocycles. The molecule has 6 nitrogen and oxygen atoms in total. The van der Waals surface area contributed by atoms with Gasteiger partial charge in [0.15, 0.2) is 5.78 Å². The zero-order valence-corrected chi connectivity index (χ0v) is 15.1. The van der Waals surface area contributed by atoms with Crippen LogP contribution in [0.15, 0.2) is 47.1 Å². The van der Waals surface area contributed by atoms with Crippen molar-refractivity contribution in [3.05, 3.63) is 54.0 Å². The van der Waals surface area contributed by atoms with Gasteiger partial charge in [0.25, 0.3) is 0 Å². The van der Waals surface area contributed by atoms with Crippen LogP contribution in [0.25, 0.3) is 6.08 Å². The molecular formula is C21H21NO5. The molecule has 2 aliphatic heterocycles. The van der Waals surface area contributed by atoms with Gasteiger partial charge in [-0.05, 0) is 36.4 Å². The van der Waals surface area contributed by atoms with Crippen molar-refractivity contribution >= 4 is 17.8 Å². The highest BCUT2D eigenvalue weighted by molar-refractivity contribution is 6.00. The number of hydrogen-bond donors (Lipinski definition) is 0. The third-order valence-electron chi connectivity index (χ3n) is 5.22. The van der Waals surface area contributed by atoms with Gasteiger partial charge in [0.2, 0.25) is 5.91 Å². The monoisotopic (exact) mass is 367 g/mol. The van der Waals surface area contributed by atoms with E-state index in [1.165, 1.54) is 6.08 Å². The number of benzene rings is 1. The molecule has 0 aliphatic carbocycles. The van der Waals surface area contributed by atoms with Crippen LogP contribution < -0.4 is 9.47 Å². The van der Waals surface area contributed by atoms with Crippen molar-refractivity contribution in [3.63, 3.8) is 0 Å². The Kier molecular flexibility index (Phi) is 4.48. The Labute approximate surface area is 157 Å². The number of methoxy groups -OCH3 is 1. The molecule has 1 aromatic carbocycles. The maximum Gasteiger partial charge on any atom is 0.246 e. The van der Waals surface area contributed by atoms with Gasteiger partial charge in [0.05, 0.1) is 25.4 Å². The standard InChI is InChI=1S/C21H21NO5/c1-25-16-4-6-19-17(13-16)18(23)14-21(27-19)8-10-22(11-9-21)20(24)7-5-15-3-2-12-26-15/h2-7,12-13H,8-11,14H2,1H3/b7-5+. The van der Waals surface area contributed by atoms with Gasteiger partial charge in [-0.3, -0.25) is 9.59 Å².